The Hall–Kier alpha value is -0.780. The van der Waals surface area contributed by atoms with Crippen molar-refractivity contribution in [2.45, 2.75) is 126 Å². The maximum Gasteiger partial charge on any atom is -0.0302 e. The normalized spacial score (nSPS) is 21.7. The van der Waals surface area contributed by atoms with Crippen molar-refractivity contribution in [1.29, 1.82) is 0 Å². The van der Waals surface area contributed by atoms with Gasteiger partial charge in [-0.15, -0.1) is 0 Å². The molecule has 2 aliphatic carbocycles. The van der Waals surface area contributed by atoms with Gasteiger partial charge in [-0.2, -0.15) is 0 Å². The van der Waals surface area contributed by atoms with Crippen LogP contribution in [0.1, 0.15) is 124 Å². The van der Waals surface area contributed by atoms with Crippen molar-refractivity contribution >= 4 is 0 Å². The minimum Gasteiger partial charge on any atom is -0.0656 e. The van der Waals surface area contributed by atoms with Gasteiger partial charge in [0.05, 0.1) is 0 Å². The van der Waals surface area contributed by atoms with E-state index in [1.807, 2.05) is 0 Å². The van der Waals surface area contributed by atoms with Gasteiger partial charge >= 0.3 is 0 Å². The first-order chi connectivity index (χ1) is 13.4. The lowest BCUT2D eigenvalue weighted by Crippen LogP contribution is -2.08. The van der Waals surface area contributed by atoms with E-state index in [0.29, 0.717) is 0 Å². The van der Waals surface area contributed by atoms with Crippen molar-refractivity contribution in [2.24, 2.45) is 17.3 Å². The molecule has 0 aromatic heterocycles. The smallest absolute Gasteiger partial charge is 0.0302 e. The van der Waals surface area contributed by atoms with Crippen LogP contribution >= 0.6 is 0 Å². The predicted molar refractivity (Wildman–Crippen MR) is 130 cm³/mol. The summed E-state index contributed by atoms with van der Waals surface area (Å²) in [6.45, 7) is 18.0. The minimum atomic E-state index is 0.833. The van der Waals surface area contributed by atoms with Crippen LogP contribution in [0.3, 0.4) is 0 Å². The molecular formula is C28H52. The maximum atomic E-state index is 2.37. The summed E-state index contributed by atoms with van der Waals surface area (Å²) in [4.78, 5) is 0. The van der Waals surface area contributed by atoms with Crippen molar-refractivity contribution in [3.63, 3.8) is 0 Å². The van der Waals surface area contributed by atoms with Crippen molar-refractivity contribution in [2.75, 3.05) is 0 Å². The lowest BCUT2D eigenvalue weighted by atomic mass is 9.84. The highest BCUT2D eigenvalue weighted by Crippen LogP contribution is 2.51. The molecule has 2 saturated carbocycles. The summed E-state index contributed by atoms with van der Waals surface area (Å²) < 4.78 is 0. The second-order valence-electron chi connectivity index (χ2n) is 9.31. The second-order valence-corrected chi connectivity index (χ2v) is 9.31. The molecule has 0 nitrogen and oxygen atoms in total. The Morgan fingerprint density at radius 1 is 0.714 bits per heavy atom. The van der Waals surface area contributed by atoms with E-state index in [9.17, 15) is 0 Å². The Morgan fingerprint density at radius 3 is 1.29 bits per heavy atom. The number of benzene rings is 1. The highest BCUT2D eigenvalue weighted by Gasteiger charge is 2.37. The van der Waals surface area contributed by atoms with Gasteiger partial charge < -0.3 is 0 Å². The van der Waals surface area contributed by atoms with E-state index in [4.69, 9.17) is 0 Å². The molecule has 0 amide bonds. The molecule has 1 aromatic rings. The molecule has 0 heterocycles. The summed E-state index contributed by atoms with van der Waals surface area (Å²) in [5, 5.41) is 0. The molecule has 164 valence electrons. The Morgan fingerprint density at radius 2 is 1.07 bits per heavy atom. The van der Waals surface area contributed by atoms with Gasteiger partial charge in [-0.1, -0.05) is 125 Å². The Kier molecular flexibility index (Phi) is 15.6. The van der Waals surface area contributed by atoms with Crippen molar-refractivity contribution in [3.05, 3.63) is 35.4 Å². The van der Waals surface area contributed by atoms with Gasteiger partial charge in [0.15, 0.2) is 0 Å². The molecular weight excluding hydrogens is 336 g/mol. The van der Waals surface area contributed by atoms with Crippen LogP contribution in [-0.4, -0.2) is 0 Å². The van der Waals surface area contributed by atoms with E-state index < -0.39 is 0 Å². The van der Waals surface area contributed by atoms with Crippen LogP contribution in [-0.2, 0) is 12.8 Å². The average Bonchev–Trinajstić information content (AvgIpc) is 3.52. The van der Waals surface area contributed by atoms with E-state index in [-0.39, 0.29) is 0 Å². The third-order valence-corrected chi connectivity index (χ3v) is 6.57. The first kappa shape index (κ1) is 27.2. The van der Waals surface area contributed by atoms with E-state index in [0.717, 1.165) is 30.1 Å². The molecule has 0 saturated heterocycles. The van der Waals surface area contributed by atoms with Crippen LogP contribution in [0.4, 0.5) is 0 Å². The molecule has 0 radical (unpaired) electrons. The second kappa shape index (κ2) is 16.1. The zero-order valence-corrected chi connectivity index (χ0v) is 20.7. The fourth-order valence-electron chi connectivity index (χ4n) is 3.63. The van der Waals surface area contributed by atoms with Crippen LogP contribution in [0.15, 0.2) is 24.3 Å². The van der Waals surface area contributed by atoms with Gasteiger partial charge in [0, 0.05) is 0 Å². The Bertz CT molecular complexity index is 425. The van der Waals surface area contributed by atoms with E-state index in [1.54, 1.807) is 0 Å². The molecule has 0 unspecified atom stereocenters. The number of rotatable bonds is 4. The summed E-state index contributed by atoms with van der Waals surface area (Å²) in [6.07, 6.45) is 15.2. The van der Waals surface area contributed by atoms with E-state index >= 15 is 0 Å². The van der Waals surface area contributed by atoms with Gasteiger partial charge in [0.1, 0.15) is 0 Å². The summed E-state index contributed by atoms with van der Waals surface area (Å²) in [5.74, 6) is 2.04. The van der Waals surface area contributed by atoms with Gasteiger partial charge in [-0.05, 0) is 54.1 Å². The lowest BCUT2D eigenvalue weighted by Gasteiger charge is -2.22. The molecule has 0 atom stereocenters. The van der Waals surface area contributed by atoms with Crippen molar-refractivity contribution in [1.82, 2.24) is 0 Å². The molecule has 1 aromatic carbocycles. The largest absolute Gasteiger partial charge is 0.0656 e. The number of hydrogen-bond acceptors (Lipinski definition) is 0. The predicted octanol–water partition coefficient (Wildman–Crippen LogP) is 9.65. The fraction of sp³-hybridized carbons (Fsp3) is 0.786. The summed E-state index contributed by atoms with van der Waals surface area (Å²) in [5.41, 5.74) is 3.72. The van der Waals surface area contributed by atoms with Crippen LogP contribution in [0.5, 0.6) is 0 Å². The lowest BCUT2D eigenvalue weighted by molar-refractivity contribution is 0.308. The zero-order chi connectivity index (χ0) is 21.4. The third-order valence-electron chi connectivity index (χ3n) is 6.57. The molecule has 0 heteroatoms. The quantitative estimate of drug-likeness (QED) is 0.481. The molecule has 0 N–H and O–H groups in total. The van der Waals surface area contributed by atoms with E-state index in [1.165, 1.54) is 68.9 Å². The topological polar surface area (TPSA) is 0 Å². The summed E-state index contributed by atoms with van der Waals surface area (Å²) in [6, 6.07) is 8.77. The van der Waals surface area contributed by atoms with Gasteiger partial charge in [-0.25, -0.2) is 0 Å². The highest BCUT2D eigenvalue weighted by molar-refractivity contribution is 5.23. The summed E-state index contributed by atoms with van der Waals surface area (Å²) >= 11 is 0. The molecule has 2 aliphatic rings. The highest BCUT2D eigenvalue weighted by atomic mass is 14.4. The zero-order valence-electron chi connectivity index (χ0n) is 20.7. The molecule has 0 spiro atoms. The minimum absolute atomic E-state index is 0.833. The number of hydrogen-bond donors (Lipinski definition) is 0. The standard InChI is InChI=1S/C10H14.C8H16.C7H14.C3H8/c1-3-9-6-5-7-10(4-2)8-9;1-7-3-5-8(2)6-4-7;1-3-7(4-2)5-6-7;1-3-2/h5-8H,3-4H2,1-2H3;7-8H,3-6H2,1-2H3;3-6H2,1-2H3;3H2,1-2H3. The van der Waals surface area contributed by atoms with Gasteiger partial charge in [0.2, 0.25) is 0 Å². The van der Waals surface area contributed by atoms with Crippen LogP contribution in [0.25, 0.3) is 0 Å². The van der Waals surface area contributed by atoms with Crippen molar-refractivity contribution < 1.29 is 0 Å². The molecule has 0 bridgehead atoms. The monoisotopic (exact) mass is 388 g/mol. The van der Waals surface area contributed by atoms with Crippen molar-refractivity contribution in [3.8, 4) is 0 Å². The van der Waals surface area contributed by atoms with Crippen LogP contribution in [0.2, 0.25) is 0 Å². The van der Waals surface area contributed by atoms with Crippen LogP contribution < -0.4 is 0 Å². The molecule has 3 rings (SSSR count). The van der Waals surface area contributed by atoms with Crippen LogP contribution in [0, 0.1) is 17.3 Å². The molecule has 0 aliphatic heterocycles. The first-order valence-electron chi connectivity index (χ1n) is 12.5. The Labute approximate surface area is 178 Å². The molecule has 2 fully saturated rings. The Balaban J connectivity index is 0.000000370. The van der Waals surface area contributed by atoms with Gasteiger partial charge in [-0.3, -0.25) is 0 Å². The maximum absolute atomic E-state index is 2.37. The third kappa shape index (κ3) is 12.6. The number of aryl methyl sites for hydroxylation is 2. The SMILES string of the molecule is CC1CCC(C)CC1.CCC.CCC1(CC)CC1.CCc1cccc(CC)c1. The molecule has 28 heavy (non-hydrogen) atoms. The fourth-order valence-corrected chi connectivity index (χ4v) is 3.63. The average molecular weight is 389 g/mol. The summed E-state index contributed by atoms with van der Waals surface area (Å²) in [7, 11) is 0. The first-order valence-corrected chi connectivity index (χ1v) is 12.5. The van der Waals surface area contributed by atoms with Gasteiger partial charge in [0.25, 0.3) is 0 Å². The van der Waals surface area contributed by atoms with E-state index in [2.05, 4.69) is 79.7 Å².